The summed E-state index contributed by atoms with van der Waals surface area (Å²) in [4.78, 5) is 31.5. The number of halogens is 1. The van der Waals surface area contributed by atoms with E-state index >= 15 is 0 Å². The molecule has 0 atom stereocenters. The van der Waals surface area contributed by atoms with Crippen LogP contribution in [0.4, 0.5) is 4.39 Å². The summed E-state index contributed by atoms with van der Waals surface area (Å²) in [7, 11) is 1.29. The minimum absolute atomic E-state index is 0.133. The molecule has 2 aromatic heterocycles. The fourth-order valence-electron chi connectivity index (χ4n) is 3.16. The summed E-state index contributed by atoms with van der Waals surface area (Å²) in [5, 5.41) is 9.36. The van der Waals surface area contributed by atoms with Gasteiger partial charge in [0.2, 0.25) is 0 Å². The van der Waals surface area contributed by atoms with Gasteiger partial charge in [-0.1, -0.05) is 17.8 Å². The van der Waals surface area contributed by atoms with Crippen LogP contribution >= 0.6 is 11.8 Å². The van der Waals surface area contributed by atoms with Gasteiger partial charge in [-0.2, -0.15) is 0 Å². The number of rotatable bonds is 9. The summed E-state index contributed by atoms with van der Waals surface area (Å²) < 4.78 is 25.3. The van der Waals surface area contributed by atoms with Crippen LogP contribution < -0.4 is 10.3 Å². The molecule has 0 bridgehead atoms. The summed E-state index contributed by atoms with van der Waals surface area (Å²) >= 11 is 1.33. The van der Waals surface area contributed by atoms with Gasteiger partial charge in [-0.3, -0.25) is 9.36 Å². The number of fused-ring (bicyclic) bond motifs is 1. The molecule has 0 radical (unpaired) electrons. The smallest absolute Gasteiger partial charge is 0.337 e. The molecular weight excluding hydrogens is 461 g/mol. The molecule has 174 valence electrons. The maximum absolute atomic E-state index is 13.1. The van der Waals surface area contributed by atoms with Crippen LogP contribution in [0.25, 0.3) is 10.9 Å². The minimum atomic E-state index is -0.507. The molecule has 0 aliphatic rings. The van der Waals surface area contributed by atoms with Crippen LogP contribution in [-0.4, -0.2) is 37.8 Å². The van der Waals surface area contributed by atoms with Crippen LogP contribution in [0.2, 0.25) is 0 Å². The second-order valence-corrected chi connectivity index (χ2v) is 8.01. The van der Waals surface area contributed by atoms with Crippen LogP contribution in [0.3, 0.4) is 0 Å². The lowest BCUT2D eigenvalue weighted by atomic mass is 10.1. The van der Waals surface area contributed by atoms with Gasteiger partial charge in [0, 0.05) is 6.54 Å². The van der Waals surface area contributed by atoms with Crippen molar-refractivity contribution < 1.29 is 18.7 Å². The first-order chi connectivity index (χ1) is 16.5. The summed E-state index contributed by atoms with van der Waals surface area (Å²) in [6.45, 7) is 4.35. The molecule has 0 saturated heterocycles. The Hall–Kier alpha value is -3.99. The van der Waals surface area contributed by atoms with Gasteiger partial charge in [-0.05, 0) is 42.5 Å². The molecule has 11 heteroatoms. The molecule has 2 aromatic carbocycles. The molecule has 4 aromatic rings. The van der Waals surface area contributed by atoms with Crippen molar-refractivity contribution in [1.29, 1.82) is 0 Å². The number of carbonyl (C=O) groups is 1. The van der Waals surface area contributed by atoms with Gasteiger partial charge in [-0.25, -0.2) is 14.2 Å². The first-order valence-electron chi connectivity index (χ1n) is 10.1. The van der Waals surface area contributed by atoms with E-state index in [1.807, 2.05) is 4.57 Å². The molecule has 1 N–H and O–H groups in total. The Labute approximate surface area is 197 Å². The average molecular weight is 482 g/mol. The first kappa shape index (κ1) is 23.2. The Balaban J connectivity index is 1.52. The zero-order valence-corrected chi connectivity index (χ0v) is 19.0. The Bertz CT molecular complexity index is 1400. The third-order valence-electron chi connectivity index (χ3n) is 4.80. The zero-order valence-electron chi connectivity index (χ0n) is 18.2. The van der Waals surface area contributed by atoms with Crippen molar-refractivity contribution in [2.24, 2.45) is 0 Å². The van der Waals surface area contributed by atoms with Crippen molar-refractivity contribution in [1.82, 2.24) is 24.7 Å². The molecule has 0 aliphatic carbocycles. The van der Waals surface area contributed by atoms with E-state index in [2.05, 4.69) is 26.7 Å². The Kier molecular flexibility index (Phi) is 7.02. The van der Waals surface area contributed by atoms with Crippen LogP contribution in [-0.2, 0) is 23.6 Å². The minimum Gasteiger partial charge on any atom is -0.486 e. The highest BCUT2D eigenvalue weighted by Gasteiger charge is 2.15. The normalized spacial score (nSPS) is 10.9. The van der Waals surface area contributed by atoms with Crippen molar-refractivity contribution in [2.45, 2.75) is 24.1 Å². The molecule has 0 unspecified atom stereocenters. The molecule has 0 fully saturated rings. The highest BCUT2D eigenvalue weighted by molar-refractivity contribution is 7.98. The zero-order chi connectivity index (χ0) is 24.1. The summed E-state index contributed by atoms with van der Waals surface area (Å²) in [5.74, 6) is 0.946. The molecule has 4 rings (SSSR count). The standard InChI is InChI=1S/C23H20FN5O4S/c1-3-10-29-20(12-33-16-7-5-15(24)6-8-16)27-28-23(29)34-13-19-25-18-11-14(22(31)32-2)4-9-17(18)21(30)26-19/h3-9,11H,1,10,12-13H2,2H3,(H,25,26,30). The monoisotopic (exact) mass is 481 g/mol. The second-order valence-electron chi connectivity index (χ2n) is 7.07. The van der Waals surface area contributed by atoms with Crippen LogP contribution in [0.1, 0.15) is 22.0 Å². The van der Waals surface area contributed by atoms with Crippen molar-refractivity contribution in [2.75, 3.05) is 7.11 Å². The number of nitrogens with one attached hydrogen (secondary N) is 1. The van der Waals surface area contributed by atoms with E-state index in [1.165, 1.54) is 55.3 Å². The summed E-state index contributed by atoms with van der Waals surface area (Å²) in [6.07, 6.45) is 1.71. The maximum atomic E-state index is 13.1. The maximum Gasteiger partial charge on any atom is 0.337 e. The molecule has 0 aliphatic heterocycles. The largest absolute Gasteiger partial charge is 0.486 e. The van der Waals surface area contributed by atoms with Crippen LogP contribution in [0.5, 0.6) is 5.75 Å². The fourth-order valence-corrected chi connectivity index (χ4v) is 3.99. The molecule has 9 nitrogen and oxygen atoms in total. The summed E-state index contributed by atoms with van der Waals surface area (Å²) in [5.41, 5.74) is 0.393. The molecule has 2 heterocycles. The molecule has 0 saturated carbocycles. The lowest BCUT2D eigenvalue weighted by Gasteiger charge is -2.09. The Morgan fingerprint density at radius 1 is 1.24 bits per heavy atom. The Morgan fingerprint density at radius 2 is 2.03 bits per heavy atom. The topological polar surface area (TPSA) is 112 Å². The van der Waals surface area contributed by atoms with Crippen molar-refractivity contribution in [3.8, 4) is 5.75 Å². The number of nitrogens with zero attached hydrogens (tertiary/aromatic N) is 4. The summed E-state index contributed by atoms with van der Waals surface area (Å²) in [6, 6.07) is 10.3. The number of ether oxygens (including phenoxy) is 2. The van der Waals surface area contributed by atoms with E-state index in [4.69, 9.17) is 9.47 Å². The Morgan fingerprint density at radius 3 is 2.76 bits per heavy atom. The average Bonchev–Trinajstić information content (AvgIpc) is 3.23. The number of hydrogen-bond acceptors (Lipinski definition) is 8. The van der Waals surface area contributed by atoms with Crippen LogP contribution in [0.15, 0.2) is 65.1 Å². The van der Waals surface area contributed by atoms with E-state index < -0.39 is 5.97 Å². The number of hydrogen-bond donors (Lipinski definition) is 1. The lowest BCUT2D eigenvalue weighted by Crippen LogP contribution is -2.12. The number of carbonyl (C=O) groups excluding carboxylic acids is 1. The number of allylic oxidation sites excluding steroid dienone is 1. The predicted octanol–water partition coefficient (Wildman–Crippen LogP) is 3.50. The SMILES string of the molecule is C=CCn1c(COc2ccc(F)cc2)nnc1SCc1nc2cc(C(=O)OC)ccc2c(=O)[nH]1. The number of methoxy groups -OCH3 is 1. The number of thioether (sulfide) groups is 1. The van der Waals surface area contributed by atoms with E-state index in [1.54, 1.807) is 12.1 Å². The van der Waals surface area contributed by atoms with E-state index in [0.29, 0.717) is 51.3 Å². The number of esters is 1. The predicted molar refractivity (Wildman–Crippen MR) is 124 cm³/mol. The van der Waals surface area contributed by atoms with Gasteiger partial charge in [0.05, 0.1) is 29.3 Å². The lowest BCUT2D eigenvalue weighted by molar-refractivity contribution is 0.0601. The number of H-pyrrole nitrogens is 1. The highest BCUT2D eigenvalue weighted by atomic mass is 32.2. The van der Waals surface area contributed by atoms with Crippen molar-refractivity contribution in [3.05, 3.63) is 88.5 Å². The van der Waals surface area contributed by atoms with Gasteiger partial charge in [0.15, 0.2) is 11.0 Å². The van der Waals surface area contributed by atoms with Crippen molar-refractivity contribution >= 4 is 28.6 Å². The van der Waals surface area contributed by atoms with Gasteiger partial charge < -0.3 is 14.5 Å². The van der Waals surface area contributed by atoms with E-state index in [9.17, 15) is 14.0 Å². The van der Waals surface area contributed by atoms with Crippen LogP contribution in [0, 0.1) is 5.82 Å². The third kappa shape index (κ3) is 5.15. The molecule has 0 amide bonds. The number of aromatic amines is 1. The van der Waals surface area contributed by atoms with Gasteiger partial charge in [0.25, 0.3) is 5.56 Å². The van der Waals surface area contributed by atoms with Gasteiger partial charge in [-0.15, -0.1) is 16.8 Å². The highest BCUT2D eigenvalue weighted by Crippen LogP contribution is 2.22. The van der Waals surface area contributed by atoms with Crippen molar-refractivity contribution in [3.63, 3.8) is 0 Å². The second kappa shape index (κ2) is 10.3. The quantitative estimate of drug-likeness (QED) is 0.220. The fraction of sp³-hybridized carbons (Fsp3) is 0.174. The number of benzene rings is 2. The third-order valence-corrected chi connectivity index (χ3v) is 5.78. The number of aromatic nitrogens is 5. The van der Waals surface area contributed by atoms with Gasteiger partial charge in [0.1, 0.15) is 24.0 Å². The first-order valence-corrected chi connectivity index (χ1v) is 11.1. The van der Waals surface area contributed by atoms with E-state index in [0.717, 1.165) is 0 Å². The van der Waals surface area contributed by atoms with E-state index in [-0.39, 0.29) is 18.0 Å². The molecular formula is C23H20FN5O4S. The molecule has 0 spiro atoms. The molecule has 34 heavy (non-hydrogen) atoms. The van der Waals surface area contributed by atoms with Gasteiger partial charge >= 0.3 is 5.97 Å².